The molecule has 0 aliphatic carbocycles. The summed E-state index contributed by atoms with van der Waals surface area (Å²) in [4.78, 5) is 29.2. The number of rotatable bonds is 5. The zero-order chi connectivity index (χ0) is 16.6. The molecule has 12 heteroatoms. The highest BCUT2D eigenvalue weighted by Crippen LogP contribution is 2.35. The summed E-state index contributed by atoms with van der Waals surface area (Å²) >= 11 is 0. The van der Waals surface area contributed by atoms with Crippen molar-refractivity contribution in [2.45, 2.75) is 12.3 Å². The van der Waals surface area contributed by atoms with E-state index < -0.39 is 32.1 Å². The van der Waals surface area contributed by atoms with Gasteiger partial charge in [-0.15, -0.1) is 0 Å². The van der Waals surface area contributed by atoms with Gasteiger partial charge in [0, 0.05) is 0 Å². The second-order valence-corrected chi connectivity index (χ2v) is 6.41. The van der Waals surface area contributed by atoms with Crippen molar-refractivity contribution in [1.29, 1.82) is 0 Å². The van der Waals surface area contributed by atoms with E-state index in [1.165, 1.54) is 23.3 Å². The summed E-state index contributed by atoms with van der Waals surface area (Å²) < 4.78 is 36.4. The maximum Gasteiger partial charge on any atom is 0.350 e. The van der Waals surface area contributed by atoms with Crippen molar-refractivity contribution in [1.82, 2.24) is 19.5 Å². The molecule has 0 radical (unpaired) electrons. The Morgan fingerprint density at radius 2 is 2.22 bits per heavy atom. The molecule has 2 atom stereocenters. The second-order valence-electron chi connectivity index (χ2n) is 4.83. The zero-order valence-electron chi connectivity index (χ0n) is 11.6. The van der Waals surface area contributed by atoms with Crippen LogP contribution in [0.1, 0.15) is 6.23 Å². The molecule has 0 fully saturated rings. The first-order valence-corrected chi connectivity index (χ1v) is 8.23. The Labute approximate surface area is 128 Å². The largest absolute Gasteiger partial charge is 0.382 e. The Morgan fingerprint density at radius 3 is 2.96 bits per heavy atom. The molecule has 1 aliphatic rings. The van der Waals surface area contributed by atoms with E-state index in [2.05, 4.69) is 15.0 Å². The van der Waals surface area contributed by atoms with Crippen LogP contribution in [0.25, 0.3) is 11.2 Å². The van der Waals surface area contributed by atoms with E-state index in [0.717, 1.165) is 0 Å². The van der Waals surface area contributed by atoms with Crippen LogP contribution in [0, 0.1) is 0 Å². The van der Waals surface area contributed by atoms with Crippen molar-refractivity contribution in [2.75, 3.05) is 18.7 Å². The van der Waals surface area contributed by atoms with E-state index in [-0.39, 0.29) is 12.4 Å². The minimum Gasteiger partial charge on any atom is -0.382 e. The summed E-state index contributed by atoms with van der Waals surface area (Å²) in [5.74, 6) is -0.427. The van der Waals surface area contributed by atoms with E-state index in [0.29, 0.717) is 11.2 Å². The maximum atomic E-state index is 14.1. The van der Waals surface area contributed by atoms with Crippen LogP contribution in [0.3, 0.4) is 0 Å². The zero-order valence-corrected chi connectivity index (χ0v) is 12.5. The van der Waals surface area contributed by atoms with Crippen molar-refractivity contribution in [3.63, 3.8) is 0 Å². The topological polar surface area (TPSA) is 146 Å². The lowest BCUT2D eigenvalue weighted by atomic mass is 10.3. The molecule has 124 valence electrons. The van der Waals surface area contributed by atoms with Crippen LogP contribution < -0.4 is 5.73 Å². The number of nitrogens with zero attached hydrogens (tertiary/aromatic N) is 4. The van der Waals surface area contributed by atoms with Crippen LogP contribution in [-0.4, -0.2) is 48.4 Å². The Kier molecular flexibility index (Phi) is 4.13. The number of halogens is 1. The first-order valence-electron chi connectivity index (χ1n) is 6.43. The average Bonchev–Trinajstić information content (AvgIpc) is 3.02. The minimum atomic E-state index is -4.28. The third kappa shape index (κ3) is 3.38. The molecule has 10 nitrogen and oxygen atoms in total. The highest BCUT2D eigenvalue weighted by molar-refractivity contribution is 7.51. The minimum absolute atomic E-state index is 0.165. The van der Waals surface area contributed by atoms with Gasteiger partial charge < -0.3 is 25.0 Å². The number of hydrogen-bond acceptors (Lipinski definition) is 7. The number of anilines is 1. The van der Waals surface area contributed by atoms with Crippen molar-refractivity contribution >= 4 is 24.6 Å². The molecule has 1 aliphatic heterocycles. The summed E-state index contributed by atoms with van der Waals surface area (Å²) in [5, 5.41) is 0. The fourth-order valence-electron chi connectivity index (χ4n) is 2.15. The smallest absolute Gasteiger partial charge is 0.350 e. The molecule has 4 N–H and O–H groups in total. The van der Waals surface area contributed by atoms with E-state index in [9.17, 15) is 8.96 Å². The molecule has 0 unspecified atom stereocenters. The van der Waals surface area contributed by atoms with Crippen molar-refractivity contribution in [3.05, 3.63) is 24.6 Å². The van der Waals surface area contributed by atoms with Gasteiger partial charge >= 0.3 is 7.60 Å². The average molecular weight is 345 g/mol. The lowest BCUT2D eigenvalue weighted by molar-refractivity contribution is -0.0306. The molecule has 0 saturated heterocycles. The molecular formula is C11H13FN5O5P. The molecule has 0 bridgehead atoms. The van der Waals surface area contributed by atoms with Crippen LogP contribution in [0.15, 0.2) is 24.6 Å². The lowest BCUT2D eigenvalue weighted by Crippen LogP contribution is -2.18. The normalized spacial score (nSPS) is 21.8. The van der Waals surface area contributed by atoms with Crippen LogP contribution in [-0.2, 0) is 14.0 Å². The standard InChI is InChI=1S/C11H13FN5O5P/c12-7-1-6(2-21-5-23(18,19)20)22-11(7)17-4-16-8-9(13)14-3-15-10(8)17/h1,3-4,6,11H,2,5H2,(H2,13,14,15)(H2,18,19,20)/t6-,11+/m0/s1. The summed E-state index contributed by atoms with van der Waals surface area (Å²) in [7, 11) is -4.28. The summed E-state index contributed by atoms with van der Waals surface area (Å²) in [5.41, 5.74) is 6.30. The Balaban J connectivity index is 1.73. The monoisotopic (exact) mass is 345 g/mol. The third-order valence-electron chi connectivity index (χ3n) is 3.07. The lowest BCUT2D eigenvalue weighted by Gasteiger charge is -2.16. The van der Waals surface area contributed by atoms with Crippen LogP contribution >= 0.6 is 7.60 Å². The number of ether oxygens (including phenoxy) is 2. The quantitative estimate of drug-likeness (QED) is 0.652. The van der Waals surface area contributed by atoms with Gasteiger partial charge in [0.15, 0.2) is 17.7 Å². The van der Waals surface area contributed by atoms with Crippen molar-refractivity contribution in [3.8, 4) is 0 Å². The molecule has 0 saturated carbocycles. The number of fused-ring (bicyclic) bond motifs is 1. The second kappa shape index (κ2) is 5.95. The Hall–Kier alpha value is -1.91. The third-order valence-corrected chi connectivity index (χ3v) is 3.58. The molecule has 3 heterocycles. The van der Waals surface area contributed by atoms with Gasteiger partial charge in [0.1, 0.15) is 30.1 Å². The highest BCUT2D eigenvalue weighted by atomic mass is 31.2. The number of nitrogens with two attached hydrogens (primary N) is 1. The highest BCUT2D eigenvalue weighted by Gasteiger charge is 2.31. The van der Waals surface area contributed by atoms with E-state index in [4.69, 9.17) is 25.0 Å². The van der Waals surface area contributed by atoms with Gasteiger partial charge in [0.25, 0.3) is 0 Å². The van der Waals surface area contributed by atoms with Crippen molar-refractivity contribution in [2.24, 2.45) is 0 Å². The van der Waals surface area contributed by atoms with Crippen molar-refractivity contribution < 1.29 is 28.2 Å². The molecule has 2 aromatic heterocycles. The molecule has 0 spiro atoms. The fraction of sp³-hybridized carbons (Fsp3) is 0.364. The van der Waals surface area contributed by atoms with Gasteiger partial charge in [0.05, 0.1) is 12.9 Å². The van der Waals surface area contributed by atoms with E-state index in [1.54, 1.807) is 0 Å². The summed E-state index contributed by atoms with van der Waals surface area (Å²) in [6, 6.07) is 0. The Morgan fingerprint density at radius 1 is 1.43 bits per heavy atom. The first-order chi connectivity index (χ1) is 10.8. The number of nitrogen functional groups attached to an aromatic ring is 1. The van der Waals surface area contributed by atoms with Crippen LogP contribution in [0.5, 0.6) is 0 Å². The molecular weight excluding hydrogens is 332 g/mol. The Bertz CT molecular complexity index is 805. The molecule has 0 amide bonds. The molecule has 3 rings (SSSR count). The predicted molar refractivity (Wildman–Crippen MR) is 75.7 cm³/mol. The van der Waals surface area contributed by atoms with Crippen LogP contribution in [0.2, 0.25) is 0 Å². The van der Waals surface area contributed by atoms with E-state index >= 15 is 0 Å². The predicted octanol–water partition coefficient (Wildman–Crippen LogP) is 0.311. The molecule has 23 heavy (non-hydrogen) atoms. The van der Waals surface area contributed by atoms with Gasteiger partial charge in [-0.25, -0.2) is 19.3 Å². The number of aromatic nitrogens is 4. The first kappa shape index (κ1) is 16.0. The summed E-state index contributed by atoms with van der Waals surface area (Å²) in [6.07, 6.45) is 1.08. The van der Waals surface area contributed by atoms with Gasteiger partial charge in [-0.1, -0.05) is 0 Å². The van der Waals surface area contributed by atoms with E-state index in [1.807, 2.05) is 0 Å². The molecule has 0 aromatic carbocycles. The molecule has 2 aromatic rings. The maximum absolute atomic E-state index is 14.1. The van der Waals surface area contributed by atoms with Gasteiger partial charge in [-0.2, -0.15) is 0 Å². The van der Waals surface area contributed by atoms with Gasteiger partial charge in [0.2, 0.25) is 0 Å². The summed E-state index contributed by atoms with van der Waals surface area (Å²) in [6.45, 7) is -0.196. The van der Waals surface area contributed by atoms with Gasteiger partial charge in [-0.3, -0.25) is 9.13 Å². The number of hydrogen-bond donors (Lipinski definition) is 3. The fourth-order valence-corrected chi connectivity index (χ4v) is 2.49. The van der Waals surface area contributed by atoms with Gasteiger partial charge in [-0.05, 0) is 6.08 Å². The SMILES string of the molecule is Nc1ncnc2c1ncn2[C@@H]1O[C@H](COCP(=O)(O)O)C=C1F. The van der Waals surface area contributed by atoms with Crippen LogP contribution in [0.4, 0.5) is 10.2 Å². The number of imidazole rings is 1.